The summed E-state index contributed by atoms with van der Waals surface area (Å²) in [4.78, 5) is 4.76. The Balaban J connectivity index is 1.87. The van der Waals surface area contributed by atoms with Crippen LogP contribution in [-0.4, -0.2) is 36.2 Å². The van der Waals surface area contributed by atoms with Crippen LogP contribution in [-0.2, 0) is 17.9 Å². The summed E-state index contributed by atoms with van der Waals surface area (Å²) >= 11 is 1.98. The van der Waals surface area contributed by atoms with E-state index in [1.807, 2.05) is 11.8 Å². The molecule has 0 aromatic heterocycles. The number of rotatable bonds is 8. The lowest BCUT2D eigenvalue weighted by molar-refractivity contribution is 0.0657. The molecule has 1 fully saturated rings. The molecular formula is C20H33N3OS. The summed E-state index contributed by atoms with van der Waals surface area (Å²) in [5.74, 6) is 0.932. The van der Waals surface area contributed by atoms with E-state index in [2.05, 4.69) is 61.9 Å². The average Bonchev–Trinajstić information content (AvgIpc) is 3.06. The lowest BCUT2D eigenvalue weighted by Crippen LogP contribution is -2.42. The lowest BCUT2D eigenvalue weighted by Gasteiger charge is -2.17. The molecule has 5 heteroatoms. The number of aliphatic imine (C=N–C) groups is 1. The number of benzene rings is 1. The van der Waals surface area contributed by atoms with Crippen molar-refractivity contribution in [2.45, 2.75) is 70.6 Å². The molecule has 25 heavy (non-hydrogen) atoms. The number of thioether (sulfide) groups is 1. The van der Waals surface area contributed by atoms with E-state index in [9.17, 15) is 0 Å². The van der Waals surface area contributed by atoms with Gasteiger partial charge in [0.15, 0.2) is 5.96 Å². The second-order valence-corrected chi connectivity index (χ2v) is 8.02. The van der Waals surface area contributed by atoms with Gasteiger partial charge in [0.2, 0.25) is 0 Å². The van der Waals surface area contributed by atoms with E-state index < -0.39 is 0 Å². The van der Waals surface area contributed by atoms with Crippen LogP contribution in [0, 0.1) is 0 Å². The average molecular weight is 364 g/mol. The molecule has 2 N–H and O–H groups in total. The van der Waals surface area contributed by atoms with Crippen molar-refractivity contribution < 1.29 is 4.74 Å². The fourth-order valence-corrected chi connectivity index (χ4v) is 3.77. The van der Waals surface area contributed by atoms with Gasteiger partial charge in [-0.3, -0.25) is 0 Å². The van der Waals surface area contributed by atoms with Crippen molar-refractivity contribution in [2.24, 2.45) is 4.99 Å². The maximum Gasteiger partial charge on any atom is 0.191 e. The Kier molecular flexibility index (Phi) is 8.62. The van der Waals surface area contributed by atoms with E-state index in [4.69, 9.17) is 9.73 Å². The van der Waals surface area contributed by atoms with Crippen LogP contribution in [0.2, 0.25) is 0 Å². The molecule has 1 aliphatic carbocycles. The molecule has 2 unspecified atom stereocenters. The van der Waals surface area contributed by atoms with E-state index in [-0.39, 0.29) is 6.10 Å². The van der Waals surface area contributed by atoms with E-state index in [1.54, 1.807) is 0 Å². The summed E-state index contributed by atoms with van der Waals surface area (Å²) in [6.45, 7) is 8.48. The molecule has 0 aliphatic heterocycles. The monoisotopic (exact) mass is 363 g/mol. The van der Waals surface area contributed by atoms with Crippen molar-refractivity contribution in [1.82, 2.24) is 10.6 Å². The van der Waals surface area contributed by atoms with Crippen LogP contribution in [0.4, 0.5) is 0 Å². The highest BCUT2D eigenvalue weighted by Crippen LogP contribution is 2.28. The minimum absolute atomic E-state index is 0.263. The van der Waals surface area contributed by atoms with Crippen LogP contribution >= 0.6 is 11.8 Å². The fourth-order valence-electron chi connectivity index (χ4n) is 2.97. The third-order valence-electron chi connectivity index (χ3n) is 4.43. The van der Waals surface area contributed by atoms with Gasteiger partial charge < -0.3 is 15.4 Å². The van der Waals surface area contributed by atoms with E-state index >= 15 is 0 Å². The van der Waals surface area contributed by atoms with Crippen LogP contribution in [0.3, 0.4) is 0 Å². The Morgan fingerprint density at radius 3 is 2.56 bits per heavy atom. The van der Waals surface area contributed by atoms with Crippen molar-refractivity contribution in [1.29, 1.82) is 0 Å². The topological polar surface area (TPSA) is 45.7 Å². The summed E-state index contributed by atoms with van der Waals surface area (Å²) in [7, 11) is 0. The molecule has 0 amide bonds. The van der Waals surface area contributed by atoms with Crippen LogP contribution in [0.15, 0.2) is 29.3 Å². The summed E-state index contributed by atoms with van der Waals surface area (Å²) in [6.07, 6.45) is 6.25. The highest BCUT2D eigenvalue weighted by molar-refractivity contribution is 7.99. The van der Waals surface area contributed by atoms with E-state index in [0.29, 0.717) is 19.2 Å². The molecule has 0 bridgehead atoms. The standard InChI is InChI=1S/C20H33N3OS/c1-5-21-20(23-18-10-11-19(12-18)25-4)22-13-16-6-8-17(9-7-16)14-24-15(2)3/h6-9,15,18-19H,5,10-14H2,1-4H3,(H2,21,22,23). The number of guanidine groups is 1. The molecule has 4 nitrogen and oxygen atoms in total. The third-order valence-corrected chi connectivity index (χ3v) is 5.52. The minimum Gasteiger partial charge on any atom is -0.374 e. The summed E-state index contributed by atoms with van der Waals surface area (Å²) < 4.78 is 5.64. The lowest BCUT2D eigenvalue weighted by atomic mass is 10.1. The molecule has 2 atom stereocenters. The quantitative estimate of drug-likeness (QED) is 0.542. The number of nitrogens with one attached hydrogen (secondary N) is 2. The molecule has 1 aliphatic rings. The predicted octanol–water partition coefficient (Wildman–Crippen LogP) is 3.95. The SMILES string of the molecule is CCNC(=NCc1ccc(COC(C)C)cc1)NC1CCC(SC)C1. The van der Waals surface area contributed by atoms with Gasteiger partial charge in [0.1, 0.15) is 0 Å². The van der Waals surface area contributed by atoms with Crippen LogP contribution in [0.5, 0.6) is 0 Å². The summed E-state index contributed by atoms with van der Waals surface area (Å²) in [5.41, 5.74) is 2.43. The number of hydrogen-bond donors (Lipinski definition) is 2. The minimum atomic E-state index is 0.263. The largest absolute Gasteiger partial charge is 0.374 e. The van der Waals surface area contributed by atoms with Gasteiger partial charge in [0, 0.05) is 17.8 Å². The number of hydrogen-bond acceptors (Lipinski definition) is 3. The number of nitrogens with zero attached hydrogens (tertiary/aromatic N) is 1. The number of ether oxygens (including phenoxy) is 1. The highest BCUT2D eigenvalue weighted by Gasteiger charge is 2.24. The summed E-state index contributed by atoms with van der Waals surface area (Å²) in [5, 5.41) is 7.76. The maximum absolute atomic E-state index is 5.64. The van der Waals surface area contributed by atoms with Gasteiger partial charge in [-0.2, -0.15) is 11.8 Å². The van der Waals surface area contributed by atoms with E-state index in [0.717, 1.165) is 17.8 Å². The fraction of sp³-hybridized carbons (Fsp3) is 0.650. The Labute approximate surface area is 157 Å². The Bertz CT molecular complexity index is 530. The zero-order chi connectivity index (χ0) is 18.1. The van der Waals surface area contributed by atoms with Crippen molar-refractivity contribution in [3.05, 3.63) is 35.4 Å². The van der Waals surface area contributed by atoms with Gasteiger partial charge in [0.25, 0.3) is 0 Å². The molecule has 1 saturated carbocycles. The zero-order valence-electron chi connectivity index (χ0n) is 16.0. The van der Waals surface area contributed by atoms with Gasteiger partial charge in [-0.25, -0.2) is 4.99 Å². The van der Waals surface area contributed by atoms with Crippen LogP contribution in [0.25, 0.3) is 0 Å². The zero-order valence-corrected chi connectivity index (χ0v) is 16.9. The molecule has 140 valence electrons. The molecule has 2 rings (SSSR count). The smallest absolute Gasteiger partial charge is 0.191 e. The second kappa shape index (κ2) is 10.7. The van der Waals surface area contributed by atoms with Gasteiger partial charge in [-0.15, -0.1) is 0 Å². The van der Waals surface area contributed by atoms with Gasteiger partial charge in [-0.1, -0.05) is 24.3 Å². The Hall–Kier alpha value is -1.20. The highest BCUT2D eigenvalue weighted by atomic mass is 32.2. The molecule has 1 aromatic carbocycles. The summed E-state index contributed by atoms with van der Waals surface area (Å²) in [6, 6.07) is 9.10. The second-order valence-electron chi connectivity index (χ2n) is 6.88. The van der Waals surface area contributed by atoms with Gasteiger partial charge in [-0.05, 0) is 57.4 Å². The first-order valence-electron chi connectivity index (χ1n) is 9.37. The van der Waals surface area contributed by atoms with Gasteiger partial charge in [0.05, 0.1) is 19.3 Å². The Morgan fingerprint density at radius 1 is 1.24 bits per heavy atom. The molecule has 1 aromatic rings. The van der Waals surface area contributed by atoms with Crippen LogP contribution in [0.1, 0.15) is 51.2 Å². The van der Waals surface area contributed by atoms with Crippen molar-refractivity contribution in [2.75, 3.05) is 12.8 Å². The van der Waals surface area contributed by atoms with Gasteiger partial charge >= 0.3 is 0 Å². The first kappa shape index (κ1) is 20.1. The molecule has 0 radical (unpaired) electrons. The predicted molar refractivity (Wildman–Crippen MR) is 109 cm³/mol. The van der Waals surface area contributed by atoms with Crippen molar-refractivity contribution in [3.63, 3.8) is 0 Å². The molecule has 0 spiro atoms. The molecule has 0 saturated heterocycles. The first-order chi connectivity index (χ1) is 12.1. The normalized spacial score (nSPS) is 20.9. The maximum atomic E-state index is 5.64. The Morgan fingerprint density at radius 2 is 1.96 bits per heavy atom. The van der Waals surface area contributed by atoms with Crippen molar-refractivity contribution in [3.8, 4) is 0 Å². The molecular weight excluding hydrogens is 330 g/mol. The first-order valence-corrected chi connectivity index (χ1v) is 10.7. The van der Waals surface area contributed by atoms with Crippen LogP contribution < -0.4 is 10.6 Å². The third kappa shape index (κ3) is 7.28. The molecule has 0 heterocycles. The van der Waals surface area contributed by atoms with Crippen molar-refractivity contribution >= 4 is 17.7 Å². The van der Waals surface area contributed by atoms with E-state index in [1.165, 1.54) is 30.4 Å².